The molecule has 0 aliphatic heterocycles. The van der Waals surface area contributed by atoms with Gasteiger partial charge in [-0.25, -0.2) is 0 Å². The van der Waals surface area contributed by atoms with Crippen molar-refractivity contribution in [3.05, 3.63) is 186 Å². The predicted octanol–water partition coefficient (Wildman–Crippen LogP) is 11.9. The smallest absolute Gasteiger partial charge is 0.0763 e. The standard InChI is InChI=1S/C31H25N2.C17H12N.Ir/c1-19-10-9-11-20(2)28(19)29-23-13-6-8-15-27(23)32-30(33-29)21-16-17-26-24(18-21)22-12-5-7-14-25(22)31(26,3)4;1-2-7-14(8-3-1)15-9-6-10-16(13-15)17-11-4-5-12-18-17;/h5-15,17-18H,1-4H3;1-9,11-13H;/q2*-1;. The molecule has 0 N–H and O–H groups in total. The van der Waals surface area contributed by atoms with Gasteiger partial charge in [-0.05, 0) is 64.9 Å². The van der Waals surface area contributed by atoms with E-state index >= 15 is 0 Å². The molecule has 0 unspecified atom stereocenters. The number of pyridine rings is 1. The Kier molecular flexibility index (Phi) is 9.79. The second-order valence-electron chi connectivity index (χ2n) is 13.6. The molecule has 52 heavy (non-hydrogen) atoms. The van der Waals surface area contributed by atoms with Gasteiger partial charge in [0.25, 0.3) is 0 Å². The fourth-order valence-electron chi connectivity index (χ4n) is 7.29. The first-order chi connectivity index (χ1) is 24.9. The molecule has 1 radical (unpaired) electrons. The number of nitrogens with zero attached hydrogens (tertiary/aromatic N) is 3. The quantitative estimate of drug-likeness (QED) is 0.166. The van der Waals surface area contributed by atoms with Crippen LogP contribution in [-0.2, 0) is 25.5 Å². The third kappa shape index (κ3) is 6.52. The second-order valence-corrected chi connectivity index (χ2v) is 13.6. The van der Waals surface area contributed by atoms with E-state index in [4.69, 9.17) is 9.97 Å². The summed E-state index contributed by atoms with van der Waals surface area (Å²) in [6.45, 7) is 8.88. The Morgan fingerprint density at radius 2 is 1.31 bits per heavy atom. The normalized spacial score (nSPS) is 12.2. The van der Waals surface area contributed by atoms with Crippen LogP contribution in [0.3, 0.4) is 0 Å². The molecule has 3 nitrogen and oxygen atoms in total. The van der Waals surface area contributed by atoms with Crippen LogP contribution in [0.15, 0.2) is 152 Å². The summed E-state index contributed by atoms with van der Waals surface area (Å²) in [4.78, 5) is 14.5. The number of aromatic nitrogens is 3. The summed E-state index contributed by atoms with van der Waals surface area (Å²) < 4.78 is 0. The molecule has 0 bridgehead atoms. The van der Waals surface area contributed by atoms with E-state index in [0.717, 1.165) is 39.2 Å². The minimum atomic E-state index is -0.0331. The summed E-state index contributed by atoms with van der Waals surface area (Å²) in [6.07, 6.45) is 1.80. The number of fused-ring (bicyclic) bond motifs is 4. The van der Waals surface area contributed by atoms with E-state index in [1.807, 2.05) is 48.5 Å². The maximum Gasteiger partial charge on any atom is 0.0763 e. The Bertz CT molecular complexity index is 2450. The summed E-state index contributed by atoms with van der Waals surface area (Å²) in [7, 11) is 0. The maximum absolute atomic E-state index is 5.14. The SMILES string of the molecule is Cc1cccc(C)c1-c1nc(-c2[c-]cc3c(c2)-c2ccccc2C3(C)C)nc2ccccc12.[Ir].[c-]1ccc(-c2ccccc2)cc1-c1ccccn1. The van der Waals surface area contributed by atoms with Crippen LogP contribution in [0, 0.1) is 26.0 Å². The van der Waals surface area contributed by atoms with Gasteiger partial charge in [-0.1, -0.05) is 123 Å². The summed E-state index contributed by atoms with van der Waals surface area (Å²) in [5, 5.41) is 1.08. The second kappa shape index (κ2) is 14.6. The molecular formula is C48H37IrN3-2. The van der Waals surface area contributed by atoms with Gasteiger partial charge in [-0.2, -0.15) is 0 Å². The molecule has 0 atom stereocenters. The molecule has 6 aromatic carbocycles. The third-order valence-electron chi connectivity index (χ3n) is 9.93. The van der Waals surface area contributed by atoms with E-state index in [-0.39, 0.29) is 25.5 Å². The molecule has 0 fully saturated rings. The Labute approximate surface area is 319 Å². The van der Waals surface area contributed by atoms with E-state index < -0.39 is 0 Å². The number of para-hydroxylation sites is 1. The summed E-state index contributed by atoms with van der Waals surface area (Å²) in [6, 6.07) is 56.9. The molecule has 0 saturated heterocycles. The summed E-state index contributed by atoms with van der Waals surface area (Å²) >= 11 is 0. The first kappa shape index (κ1) is 34.9. The average Bonchev–Trinajstić information content (AvgIpc) is 3.41. The monoisotopic (exact) mass is 848 g/mol. The first-order valence-corrected chi connectivity index (χ1v) is 17.4. The number of hydrogen-bond acceptors (Lipinski definition) is 3. The summed E-state index contributed by atoms with van der Waals surface area (Å²) in [5.74, 6) is 0.719. The molecular weight excluding hydrogens is 811 g/mol. The van der Waals surface area contributed by atoms with Gasteiger partial charge < -0.3 is 4.98 Å². The van der Waals surface area contributed by atoms with Crippen molar-refractivity contribution < 1.29 is 20.1 Å². The van der Waals surface area contributed by atoms with E-state index in [1.165, 1.54) is 50.1 Å². The van der Waals surface area contributed by atoms with Gasteiger partial charge in [0.2, 0.25) is 0 Å². The van der Waals surface area contributed by atoms with Crippen LogP contribution in [0.2, 0.25) is 0 Å². The van der Waals surface area contributed by atoms with Crippen LogP contribution >= 0.6 is 0 Å². The number of aryl methyl sites for hydroxylation is 2. The van der Waals surface area contributed by atoms with Crippen molar-refractivity contribution in [1.29, 1.82) is 0 Å². The van der Waals surface area contributed by atoms with E-state index in [9.17, 15) is 0 Å². The molecule has 255 valence electrons. The number of rotatable bonds is 4. The zero-order valence-corrected chi connectivity index (χ0v) is 32.0. The Morgan fingerprint density at radius 1 is 0.577 bits per heavy atom. The molecule has 2 heterocycles. The van der Waals surface area contributed by atoms with Gasteiger partial charge in [-0.3, -0.25) is 9.97 Å². The molecule has 9 rings (SSSR count). The maximum atomic E-state index is 5.14. The minimum Gasteiger partial charge on any atom is -0.305 e. The average molecular weight is 848 g/mol. The fraction of sp³-hybridized carbons (Fsp3) is 0.104. The third-order valence-corrected chi connectivity index (χ3v) is 9.93. The van der Waals surface area contributed by atoms with Crippen molar-refractivity contribution in [2.24, 2.45) is 0 Å². The molecule has 0 spiro atoms. The van der Waals surface area contributed by atoms with Crippen LogP contribution in [0.4, 0.5) is 0 Å². The van der Waals surface area contributed by atoms with Gasteiger partial charge >= 0.3 is 0 Å². The first-order valence-electron chi connectivity index (χ1n) is 17.4. The Hall–Kier alpha value is -5.54. The molecule has 1 aliphatic carbocycles. The van der Waals surface area contributed by atoms with Crippen molar-refractivity contribution >= 4 is 10.9 Å². The predicted molar refractivity (Wildman–Crippen MR) is 210 cm³/mol. The number of hydrogen-bond donors (Lipinski definition) is 0. The van der Waals surface area contributed by atoms with Gasteiger partial charge in [0, 0.05) is 37.3 Å². The topological polar surface area (TPSA) is 38.7 Å². The van der Waals surface area contributed by atoms with Crippen molar-refractivity contribution in [1.82, 2.24) is 15.0 Å². The van der Waals surface area contributed by atoms with Crippen LogP contribution in [0.1, 0.15) is 36.1 Å². The van der Waals surface area contributed by atoms with Gasteiger partial charge in [0.15, 0.2) is 0 Å². The molecule has 0 saturated carbocycles. The van der Waals surface area contributed by atoms with Crippen molar-refractivity contribution in [2.75, 3.05) is 0 Å². The van der Waals surface area contributed by atoms with Crippen LogP contribution in [-0.4, -0.2) is 15.0 Å². The van der Waals surface area contributed by atoms with Gasteiger partial charge in [0.05, 0.1) is 17.0 Å². The Morgan fingerprint density at radius 3 is 2.10 bits per heavy atom. The number of benzene rings is 6. The van der Waals surface area contributed by atoms with E-state index in [0.29, 0.717) is 0 Å². The van der Waals surface area contributed by atoms with E-state index in [2.05, 4.69) is 142 Å². The van der Waals surface area contributed by atoms with Crippen molar-refractivity contribution in [3.8, 4) is 56.2 Å². The zero-order valence-electron chi connectivity index (χ0n) is 29.6. The zero-order chi connectivity index (χ0) is 35.0. The largest absolute Gasteiger partial charge is 0.305 e. The van der Waals surface area contributed by atoms with E-state index in [1.54, 1.807) is 6.20 Å². The summed E-state index contributed by atoms with van der Waals surface area (Å²) in [5.41, 5.74) is 16.1. The van der Waals surface area contributed by atoms with Gasteiger partial charge in [0.1, 0.15) is 0 Å². The minimum absolute atomic E-state index is 0. The van der Waals surface area contributed by atoms with Crippen LogP contribution in [0.25, 0.3) is 67.1 Å². The fourth-order valence-corrected chi connectivity index (χ4v) is 7.29. The molecule has 4 heteroatoms. The Balaban J connectivity index is 0.000000188. The van der Waals surface area contributed by atoms with Crippen LogP contribution in [0.5, 0.6) is 0 Å². The van der Waals surface area contributed by atoms with Gasteiger partial charge in [-0.15, -0.1) is 64.7 Å². The molecule has 8 aromatic rings. The van der Waals surface area contributed by atoms with Crippen molar-refractivity contribution in [3.63, 3.8) is 0 Å². The van der Waals surface area contributed by atoms with Crippen molar-refractivity contribution in [2.45, 2.75) is 33.1 Å². The molecule has 1 aliphatic rings. The van der Waals surface area contributed by atoms with Crippen LogP contribution < -0.4 is 0 Å². The molecule has 0 amide bonds. The molecule has 2 aromatic heterocycles.